The topological polar surface area (TPSA) is 62.8 Å². The molecule has 0 spiro atoms. The van der Waals surface area contributed by atoms with Crippen molar-refractivity contribution in [1.29, 1.82) is 0 Å². The van der Waals surface area contributed by atoms with Gasteiger partial charge in [0.2, 0.25) is 0 Å². The van der Waals surface area contributed by atoms with Crippen molar-refractivity contribution in [3.8, 4) is 5.75 Å². The highest BCUT2D eigenvalue weighted by Crippen LogP contribution is 2.16. The van der Waals surface area contributed by atoms with Gasteiger partial charge in [-0.1, -0.05) is 13.0 Å². The van der Waals surface area contributed by atoms with Crippen molar-refractivity contribution in [2.75, 3.05) is 40.0 Å². The number of nitrogens with one attached hydrogen (secondary N) is 2. The Bertz CT molecular complexity index is 522. The first kappa shape index (κ1) is 17.3. The molecule has 1 aliphatic rings. The number of morpholine rings is 1. The zero-order chi connectivity index (χ0) is 16.5. The summed E-state index contributed by atoms with van der Waals surface area (Å²) in [7, 11) is 1.64. The number of carbonyl (C=O) groups is 1. The lowest BCUT2D eigenvalue weighted by atomic mass is 10.1. The molecule has 0 aliphatic carbocycles. The van der Waals surface area contributed by atoms with Crippen molar-refractivity contribution in [2.24, 2.45) is 0 Å². The predicted octanol–water partition coefficient (Wildman–Crippen LogP) is 1.40. The van der Waals surface area contributed by atoms with E-state index in [0.717, 1.165) is 36.5 Å². The molecule has 6 heteroatoms. The van der Waals surface area contributed by atoms with Gasteiger partial charge in [-0.15, -0.1) is 0 Å². The van der Waals surface area contributed by atoms with Crippen LogP contribution in [0.3, 0.4) is 0 Å². The third-order valence-electron chi connectivity index (χ3n) is 3.62. The smallest absolute Gasteiger partial charge is 0.252 e. The molecule has 0 aromatic heterocycles. The molecule has 126 valence electrons. The number of ether oxygens (including phenoxy) is 2. The maximum Gasteiger partial charge on any atom is 0.252 e. The van der Waals surface area contributed by atoms with Gasteiger partial charge in [0.1, 0.15) is 5.75 Å². The maximum absolute atomic E-state index is 12.0. The molecule has 1 aliphatic heterocycles. The van der Waals surface area contributed by atoms with Gasteiger partial charge < -0.3 is 9.47 Å². The van der Waals surface area contributed by atoms with E-state index < -0.39 is 0 Å². The van der Waals surface area contributed by atoms with Gasteiger partial charge in [0.15, 0.2) is 0 Å². The molecular formula is C17H25N3O3. The van der Waals surface area contributed by atoms with Gasteiger partial charge in [-0.25, -0.2) is 0 Å². The second-order valence-electron chi connectivity index (χ2n) is 5.32. The summed E-state index contributed by atoms with van der Waals surface area (Å²) >= 11 is 0. The van der Waals surface area contributed by atoms with Crippen molar-refractivity contribution in [3.63, 3.8) is 0 Å². The Balaban J connectivity index is 1.88. The minimum atomic E-state index is -0.0533. The van der Waals surface area contributed by atoms with Crippen LogP contribution in [0.2, 0.25) is 0 Å². The van der Waals surface area contributed by atoms with Gasteiger partial charge in [0, 0.05) is 13.1 Å². The Morgan fingerprint density at radius 2 is 1.96 bits per heavy atom. The van der Waals surface area contributed by atoms with E-state index in [-0.39, 0.29) is 5.91 Å². The molecule has 1 saturated heterocycles. The number of nitrogens with zero attached hydrogens (tertiary/aromatic N) is 1. The quantitative estimate of drug-likeness (QED) is 0.744. The summed E-state index contributed by atoms with van der Waals surface area (Å²) in [5.41, 5.74) is 7.68. The summed E-state index contributed by atoms with van der Waals surface area (Å²) in [5, 5.41) is 0. The lowest BCUT2D eigenvalue weighted by Crippen LogP contribution is -2.46. The standard InChI is InChI=1S/C17H25N3O3/c1-3-4-16(14-5-7-15(22-2)8-6-14)18-19-17(21)13-20-9-11-23-12-10-20/h4-8,18H,3,9-13H2,1-2H3,(H,19,21). The van der Waals surface area contributed by atoms with E-state index in [1.165, 1.54) is 0 Å². The van der Waals surface area contributed by atoms with Crippen molar-refractivity contribution in [1.82, 2.24) is 15.8 Å². The summed E-state index contributed by atoms with van der Waals surface area (Å²) in [5.74, 6) is 0.753. The van der Waals surface area contributed by atoms with Gasteiger partial charge in [-0.3, -0.25) is 20.5 Å². The zero-order valence-electron chi connectivity index (χ0n) is 13.8. The molecule has 2 rings (SSSR count). The Kier molecular flexibility index (Phi) is 6.90. The van der Waals surface area contributed by atoms with Crippen LogP contribution >= 0.6 is 0 Å². The summed E-state index contributed by atoms with van der Waals surface area (Å²) in [4.78, 5) is 14.1. The lowest BCUT2D eigenvalue weighted by Gasteiger charge is -2.26. The van der Waals surface area contributed by atoms with E-state index in [4.69, 9.17) is 9.47 Å². The highest BCUT2D eigenvalue weighted by atomic mass is 16.5. The number of hydrogen-bond donors (Lipinski definition) is 2. The molecule has 1 amide bonds. The number of amides is 1. The van der Waals surface area contributed by atoms with Crippen LogP contribution in [0.15, 0.2) is 30.3 Å². The molecule has 1 fully saturated rings. The minimum Gasteiger partial charge on any atom is -0.497 e. The maximum atomic E-state index is 12.0. The summed E-state index contributed by atoms with van der Waals surface area (Å²) in [6.07, 6.45) is 2.91. The van der Waals surface area contributed by atoms with Crippen molar-refractivity contribution in [2.45, 2.75) is 13.3 Å². The molecule has 0 radical (unpaired) electrons. The molecule has 23 heavy (non-hydrogen) atoms. The normalized spacial score (nSPS) is 16.0. The number of rotatable bonds is 7. The lowest BCUT2D eigenvalue weighted by molar-refractivity contribution is -0.123. The van der Waals surface area contributed by atoms with Crippen LogP contribution < -0.4 is 15.6 Å². The van der Waals surface area contributed by atoms with Crippen molar-refractivity contribution >= 4 is 11.6 Å². The summed E-state index contributed by atoms with van der Waals surface area (Å²) < 4.78 is 10.4. The number of methoxy groups -OCH3 is 1. The summed E-state index contributed by atoms with van der Waals surface area (Å²) in [6, 6.07) is 7.72. The van der Waals surface area contributed by atoms with E-state index in [9.17, 15) is 4.79 Å². The van der Waals surface area contributed by atoms with Crippen LogP contribution in [0.4, 0.5) is 0 Å². The molecule has 2 N–H and O–H groups in total. The largest absolute Gasteiger partial charge is 0.497 e. The number of benzene rings is 1. The van der Waals surface area contributed by atoms with E-state index in [2.05, 4.69) is 22.7 Å². The summed E-state index contributed by atoms with van der Waals surface area (Å²) in [6.45, 7) is 5.40. The fourth-order valence-electron chi connectivity index (χ4n) is 2.35. The monoisotopic (exact) mass is 319 g/mol. The van der Waals surface area contributed by atoms with E-state index in [0.29, 0.717) is 19.8 Å². The molecule has 0 bridgehead atoms. The molecular weight excluding hydrogens is 294 g/mol. The molecule has 0 atom stereocenters. The molecule has 1 aromatic carbocycles. The Morgan fingerprint density at radius 3 is 2.57 bits per heavy atom. The SMILES string of the molecule is CCC=C(NNC(=O)CN1CCOCC1)c1ccc(OC)cc1. The first-order valence-corrected chi connectivity index (χ1v) is 7.92. The predicted molar refractivity (Wildman–Crippen MR) is 89.8 cm³/mol. The molecule has 0 saturated carbocycles. The van der Waals surface area contributed by atoms with E-state index in [1.54, 1.807) is 7.11 Å². The minimum absolute atomic E-state index is 0.0533. The van der Waals surface area contributed by atoms with E-state index >= 15 is 0 Å². The fourth-order valence-corrected chi connectivity index (χ4v) is 2.35. The molecule has 0 unspecified atom stereocenters. The fraction of sp³-hybridized carbons (Fsp3) is 0.471. The third-order valence-corrected chi connectivity index (χ3v) is 3.62. The van der Waals surface area contributed by atoms with Crippen LogP contribution in [0.5, 0.6) is 5.75 Å². The highest BCUT2D eigenvalue weighted by molar-refractivity contribution is 5.79. The van der Waals surface area contributed by atoms with Crippen LogP contribution in [0.1, 0.15) is 18.9 Å². The first-order chi connectivity index (χ1) is 11.2. The second-order valence-corrected chi connectivity index (χ2v) is 5.32. The van der Waals surface area contributed by atoms with Gasteiger partial charge >= 0.3 is 0 Å². The molecule has 1 aromatic rings. The molecule has 6 nitrogen and oxygen atoms in total. The second kappa shape index (κ2) is 9.17. The van der Waals surface area contributed by atoms with Crippen LogP contribution in [-0.2, 0) is 9.53 Å². The van der Waals surface area contributed by atoms with Gasteiger partial charge in [0.25, 0.3) is 5.91 Å². The average molecular weight is 319 g/mol. The zero-order valence-corrected chi connectivity index (χ0v) is 13.8. The van der Waals surface area contributed by atoms with Crippen molar-refractivity contribution in [3.05, 3.63) is 35.9 Å². The Hall–Kier alpha value is -2.05. The van der Waals surface area contributed by atoms with E-state index in [1.807, 2.05) is 30.3 Å². The van der Waals surface area contributed by atoms with Gasteiger partial charge in [-0.2, -0.15) is 0 Å². The molecule has 1 heterocycles. The number of allylic oxidation sites excluding steroid dienone is 1. The van der Waals surface area contributed by atoms with Gasteiger partial charge in [0.05, 0.1) is 32.6 Å². The number of carbonyl (C=O) groups excluding carboxylic acids is 1. The van der Waals surface area contributed by atoms with Crippen molar-refractivity contribution < 1.29 is 14.3 Å². The van der Waals surface area contributed by atoms with Crippen LogP contribution in [0.25, 0.3) is 5.70 Å². The van der Waals surface area contributed by atoms with Gasteiger partial charge in [-0.05, 0) is 36.2 Å². The average Bonchev–Trinajstić information content (AvgIpc) is 2.59. The Labute approximate surface area is 137 Å². The highest BCUT2D eigenvalue weighted by Gasteiger charge is 2.14. The Morgan fingerprint density at radius 1 is 1.26 bits per heavy atom. The number of hydrogen-bond acceptors (Lipinski definition) is 5. The first-order valence-electron chi connectivity index (χ1n) is 7.92. The van der Waals surface area contributed by atoms with Crippen LogP contribution in [-0.4, -0.2) is 50.8 Å². The number of hydrazine groups is 1. The van der Waals surface area contributed by atoms with Crippen LogP contribution in [0, 0.1) is 0 Å². The third kappa shape index (κ3) is 5.58.